The van der Waals surface area contributed by atoms with Crippen molar-refractivity contribution in [1.82, 2.24) is 9.80 Å². The third-order valence-corrected chi connectivity index (χ3v) is 6.86. The van der Waals surface area contributed by atoms with Crippen molar-refractivity contribution >= 4 is 29.1 Å². The van der Waals surface area contributed by atoms with Crippen molar-refractivity contribution in [2.75, 3.05) is 13.1 Å². The number of rotatable bonds is 3. The van der Waals surface area contributed by atoms with Gasteiger partial charge in [0.15, 0.2) is 0 Å². The number of carbonyl (C=O) groups is 3. The summed E-state index contributed by atoms with van der Waals surface area (Å²) < 4.78 is 5.65. The van der Waals surface area contributed by atoms with Crippen molar-refractivity contribution < 1.29 is 19.1 Å². The van der Waals surface area contributed by atoms with E-state index in [-0.39, 0.29) is 24.3 Å². The molecule has 2 aromatic rings. The van der Waals surface area contributed by atoms with Crippen LogP contribution in [0.25, 0.3) is 0 Å². The van der Waals surface area contributed by atoms with Crippen molar-refractivity contribution in [1.29, 1.82) is 0 Å². The number of carbonyl (C=O) groups excluding carboxylic acids is 3. The Hall–Kier alpha value is -2.67. The van der Waals surface area contributed by atoms with E-state index >= 15 is 0 Å². The van der Waals surface area contributed by atoms with Gasteiger partial charge in [-0.05, 0) is 35.4 Å². The van der Waals surface area contributed by atoms with E-state index in [2.05, 4.69) is 12.1 Å². The number of hydrogen-bond acceptors (Lipinski definition) is 5. The number of ether oxygens (including phenoxy) is 1. The van der Waals surface area contributed by atoms with Crippen LogP contribution in [-0.2, 0) is 16.0 Å². The highest BCUT2D eigenvalue weighted by atomic mass is 32.1. The van der Waals surface area contributed by atoms with E-state index in [4.69, 9.17) is 4.74 Å². The Morgan fingerprint density at radius 1 is 1.07 bits per heavy atom. The molecule has 28 heavy (non-hydrogen) atoms. The molecule has 0 spiro atoms. The molecule has 2 unspecified atom stereocenters. The lowest BCUT2D eigenvalue weighted by Gasteiger charge is -2.37. The Balaban J connectivity index is 1.29. The highest BCUT2D eigenvalue weighted by Crippen LogP contribution is 2.44. The number of likely N-dealkylation sites (tertiary alicyclic amines) is 1. The van der Waals surface area contributed by atoms with Gasteiger partial charge in [-0.1, -0.05) is 30.3 Å². The lowest BCUT2D eigenvalue weighted by atomic mass is 9.99. The zero-order valence-corrected chi connectivity index (χ0v) is 16.1. The SMILES string of the molecule is O=C(C(=O)N1CCC(N2C(=O)OC3Cc4ccccc4C32)CC1)c1cccs1. The fourth-order valence-electron chi connectivity index (χ4n) is 4.66. The highest BCUT2D eigenvalue weighted by Gasteiger charge is 2.50. The minimum Gasteiger partial charge on any atom is -0.443 e. The van der Waals surface area contributed by atoms with E-state index in [0.717, 1.165) is 6.42 Å². The van der Waals surface area contributed by atoms with Gasteiger partial charge in [-0.15, -0.1) is 11.3 Å². The molecule has 2 saturated heterocycles. The standard InChI is InChI=1S/C21H20N2O4S/c24-19(17-6-3-11-28-17)20(25)22-9-7-14(8-10-22)23-18-15-5-2-1-4-13(15)12-16(18)27-21(23)26/h1-6,11,14,16,18H,7-10,12H2. The second kappa shape index (κ2) is 6.74. The Morgan fingerprint density at radius 3 is 2.61 bits per heavy atom. The average Bonchev–Trinajstić information content (AvgIpc) is 3.42. The molecule has 1 aromatic heterocycles. The second-order valence-electron chi connectivity index (χ2n) is 7.51. The van der Waals surface area contributed by atoms with Gasteiger partial charge in [-0.2, -0.15) is 0 Å². The maximum Gasteiger partial charge on any atom is 0.411 e. The number of hydrogen-bond donors (Lipinski definition) is 0. The normalized spacial score (nSPS) is 24.1. The van der Waals surface area contributed by atoms with Crippen molar-refractivity contribution in [2.45, 2.75) is 37.5 Å². The number of piperidine rings is 1. The molecule has 2 amide bonds. The van der Waals surface area contributed by atoms with Crippen LogP contribution in [0.3, 0.4) is 0 Å². The first-order valence-corrected chi connectivity index (χ1v) is 10.5. The third kappa shape index (κ3) is 2.73. The third-order valence-electron chi connectivity index (χ3n) is 5.99. The minimum atomic E-state index is -0.450. The topological polar surface area (TPSA) is 66.9 Å². The Bertz CT molecular complexity index is 934. The van der Waals surface area contributed by atoms with Crippen LogP contribution in [0, 0.1) is 0 Å². The van der Waals surface area contributed by atoms with Crippen molar-refractivity contribution in [2.24, 2.45) is 0 Å². The minimum absolute atomic E-state index is 0.0227. The number of nitrogens with zero attached hydrogens (tertiary/aromatic N) is 2. The summed E-state index contributed by atoms with van der Waals surface area (Å²) in [6.45, 7) is 0.951. The zero-order chi connectivity index (χ0) is 19.3. The van der Waals surface area contributed by atoms with Gasteiger partial charge in [0.25, 0.3) is 11.7 Å². The van der Waals surface area contributed by atoms with Gasteiger partial charge in [-0.3, -0.25) is 14.5 Å². The van der Waals surface area contributed by atoms with Crippen LogP contribution in [0.4, 0.5) is 4.79 Å². The monoisotopic (exact) mass is 396 g/mol. The van der Waals surface area contributed by atoms with E-state index in [0.29, 0.717) is 30.8 Å². The molecule has 2 atom stereocenters. The largest absolute Gasteiger partial charge is 0.443 e. The summed E-state index contributed by atoms with van der Waals surface area (Å²) in [7, 11) is 0. The van der Waals surface area contributed by atoms with Gasteiger partial charge < -0.3 is 9.64 Å². The Labute approximate surface area is 166 Å². The van der Waals surface area contributed by atoms with Gasteiger partial charge in [0, 0.05) is 25.6 Å². The molecule has 0 bridgehead atoms. The van der Waals surface area contributed by atoms with Gasteiger partial charge in [0.1, 0.15) is 6.10 Å². The van der Waals surface area contributed by atoms with Crippen LogP contribution in [0.15, 0.2) is 41.8 Å². The molecule has 5 rings (SSSR count). The van der Waals surface area contributed by atoms with Gasteiger partial charge in [0.05, 0.1) is 10.9 Å². The van der Waals surface area contributed by atoms with E-state index in [1.165, 1.54) is 22.5 Å². The predicted molar refractivity (Wildman–Crippen MR) is 103 cm³/mol. The van der Waals surface area contributed by atoms with Gasteiger partial charge in [-0.25, -0.2) is 4.79 Å². The first-order chi connectivity index (χ1) is 13.6. The fourth-order valence-corrected chi connectivity index (χ4v) is 5.31. The summed E-state index contributed by atoms with van der Waals surface area (Å²) in [5.41, 5.74) is 2.41. The molecule has 3 heterocycles. The summed E-state index contributed by atoms with van der Waals surface area (Å²) >= 11 is 1.28. The summed E-state index contributed by atoms with van der Waals surface area (Å²) in [6.07, 6.45) is 1.69. The quantitative estimate of drug-likeness (QED) is 0.591. The van der Waals surface area contributed by atoms with E-state index in [1.807, 2.05) is 17.0 Å². The highest BCUT2D eigenvalue weighted by molar-refractivity contribution is 7.13. The number of fused-ring (bicyclic) bond motifs is 3. The smallest absolute Gasteiger partial charge is 0.411 e. The number of benzene rings is 1. The van der Waals surface area contributed by atoms with Crippen LogP contribution >= 0.6 is 11.3 Å². The molecule has 6 nitrogen and oxygen atoms in total. The van der Waals surface area contributed by atoms with Crippen molar-refractivity contribution in [3.8, 4) is 0 Å². The Kier molecular flexibility index (Phi) is 4.19. The summed E-state index contributed by atoms with van der Waals surface area (Å²) in [5, 5.41) is 1.79. The molecule has 1 aliphatic carbocycles. The number of ketones is 1. The molecule has 144 valence electrons. The van der Waals surface area contributed by atoms with Crippen molar-refractivity contribution in [3.63, 3.8) is 0 Å². The maximum atomic E-state index is 12.5. The summed E-state index contributed by atoms with van der Waals surface area (Å²) in [5.74, 6) is -0.896. The molecule has 2 aliphatic heterocycles. The molecule has 0 saturated carbocycles. The lowest BCUT2D eigenvalue weighted by Crippen LogP contribution is -2.49. The lowest BCUT2D eigenvalue weighted by molar-refractivity contribution is -0.127. The molecular weight excluding hydrogens is 376 g/mol. The molecule has 0 N–H and O–H groups in total. The van der Waals surface area contributed by atoms with Crippen LogP contribution in [-0.4, -0.2) is 52.8 Å². The number of thiophene rings is 1. The zero-order valence-electron chi connectivity index (χ0n) is 15.2. The maximum absolute atomic E-state index is 12.5. The van der Waals surface area contributed by atoms with Gasteiger partial charge in [0.2, 0.25) is 0 Å². The first kappa shape index (κ1) is 17.4. The van der Waals surface area contributed by atoms with Crippen LogP contribution < -0.4 is 0 Å². The Morgan fingerprint density at radius 2 is 1.86 bits per heavy atom. The van der Waals surface area contributed by atoms with E-state index in [1.54, 1.807) is 22.4 Å². The van der Waals surface area contributed by atoms with Crippen molar-refractivity contribution in [3.05, 3.63) is 57.8 Å². The average molecular weight is 396 g/mol. The molecule has 2 fully saturated rings. The molecule has 3 aliphatic rings. The van der Waals surface area contributed by atoms with E-state index in [9.17, 15) is 14.4 Å². The van der Waals surface area contributed by atoms with E-state index < -0.39 is 11.7 Å². The molecule has 0 radical (unpaired) electrons. The molecule has 7 heteroatoms. The fraction of sp³-hybridized carbons (Fsp3) is 0.381. The van der Waals surface area contributed by atoms with Crippen LogP contribution in [0.1, 0.15) is 39.7 Å². The molecule has 1 aromatic carbocycles. The number of Topliss-reactive ketones (excluding diaryl/α,β-unsaturated/α-hetero) is 1. The van der Waals surface area contributed by atoms with Gasteiger partial charge >= 0.3 is 6.09 Å². The second-order valence-corrected chi connectivity index (χ2v) is 8.45. The first-order valence-electron chi connectivity index (χ1n) is 9.57. The summed E-state index contributed by atoms with van der Waals surface area (Å²) in [4.78, 5) is 41.3. The molecular formula is C21H20N2O4S. The number of amides is 2. The summed E-state index contributed by atoms with van der Waals surface area (Å²) in [6, 6.07) is 11.6. The van der Waals surface area contributed by atoms with Crippen LogP contribution in [0.5, 0.6) is 0 Å². The predicted octanol–water partition coefficient (Wildman–Crippen LogP) is 3.04. The van der Waals surface area contributed by atoms with Crippen LogP contribution in [0.2, 0.25) is 0 Å².